The number of benzene rings is 2. The summed E-state index contributed by atoms with van der Waals surface area (Å²) in [4.78, 5) is 0. The van der Waals surface area contributed by atoms with E-state index in [-0.39, 0.29) is 6.10 Å². The third-order valence-corrected chi connectivity index (χ3v) is 3.13. The Morgan fingerprint density at radius 3 is 2.30 bits per heavy atom. The summed E-state index contributed by atoms with van der Waals surface area (Å²) in [5.41, 5.74) is 0.931. The minimum Gasteiger partial charge on any atom is -0.376 e. The summed E-state index contributed by atoms with van der Waals surface area (Å²) in [5.74, 6) is 0. The Morgan fingerprint density at radius 2 is 1.70 bits per heavy atom. The molecule has 1 unspecified atom stereocenters. The largest absolute Gasteiger partial charge is 0.416 e. The van der Waals surface area contributed by atoms with Gasteiger partial charge in [-0.1, -0.05) is 48.5 Å². The van der Waals surface area contributed by atoms with Crippen LogP contribution in [0.25, 0.3) is 0 Å². The first-order valence-electron chi connectivity index (χ1n) is 6.24. The zero-order valence-corrected chi connectivity index (χ0v) is 11.0. The fourth-order valence-corrected chi connectivity index (χ4v) is 2.09. The zero-order chi connectivity index (χ0) is 14.6. The lowest BCUT2D eigenvalue weighted by Crippen LogP contribution is -2.08. The maximum absolute atomic E-state index is 12.7. The number of hydrogen-bond acceptors (Lipinski definition) is 1. The maximum atomic E-state index is 12.7. The lowest BCUT2D eigenvalue weighted by Gasteiger charge is -2.16. The lowest BCUT2D eigenvalue weighted by atomic mass is 10.00. The molecule has 1 atom stereocenters. The molecule has 2 aromatic rings. The first-order chi connectivity index (χ1) is 9.50. The Balaban J connectivity index is 2.20. The summed E-state index contributed by atoms with van der Waals surface area (Å²) in [7, 11) is 1.56. The van der Waals surface area contributed by atoms with Crippen molar-refractivity contribution in [3.8, 4) is 0 Å². The third kappa shape index (κ3) is 3.61. The molecule has 1 nitrogen and oxygen atoms in total. The van der Waals surface area contributed by atoms with Gasteiger partial charge in [-0.3, -0.25) is 0 Å². The van der Waals surface area contributed by atoms with Crippen LogP contribution in [0.5, 0.6) is 0 Å². The number of rotatable bonds is 4. The maximum Gasteiger partial charge on any atom is 0.416 e. The van der Waals surface area contributed by atoms with E-state index in [2.05, 4.69) is 0 Å². The van der Waals surface area contributed by atoms with Crippen molar-refractivity contribution in [2.24, 2.45) is 0 Å². The number of ether oxygens (including phenoxy) is 1. The fraction of sp³-hybridized carbons (Fsp3) is 0.250. The van der Waals surface area contributed by atoms with Gasteiger partial charge >= 0.3 is 6.18 Å². The highest BCUT2D eigenvalue weighted by Crippen LogP contribution is 2.30. The fourth-order valence-electron chi connectivity index (χ4n) is 2.09. The van der Waals surface area contributed by atoms with Crippen LogP contribution in [0.1, 0.15) is 22.8 Å². The molecule has 0 aliphatic heterocycles. The Kier molecular flexibility index (Phi) is 4.45. The Bertz CT molecular complexity index is 549. The number of hydrogen-bond donors (Lipinski definition) is 0. The van der Waals surface area contributed by atoms with E-state index in [0.29, 0.717) is 12.0 Å². The topological polar surface area (TPSA) is 9.23 Å². The number of methoxy groups -OCH3 is 1. The van der Waals surface area contributed by atoms with Crippen LogP contribution in [-0.4, -0.2) is 7.11 Å². The smallest absolute Gasteiger partial charge is 0.376 e. The zero-order valence-electron chi connectivity index (χ0n) is 11.0. The Hall–Kier alpha value is -1.81. The molecule has 0 saturated heterocycles. The molecule has 106 valence electrons. The van der Waals surface area contributed by atoms with Crippen molar-refractivity contribution in [3.63, 3.8) is 0 Å². The molecule has 2 rings (SSSR count). The van der Waals surface area contributed by atoms with Gasteiger partial charge < -0.3 is 4.74 Å². The normalized spacial score (nSPS) is 13.2. The predicted octanol–water partition coefficient (Wildman–Crippen LogP) is 4.64. The van der Waals surface area contributed by atoms with Crippen LogP contribution in [0.2, 0.25) is 0 Å². The van der Waals surface area contributed by atoms with Crippen LogP contribution in [0, 0.1) is 0 Å². The van der Waals surface area contributed by atoms with E-state index in [1.54, 1.807) is 13.2 Å². The first kappa shape index (κ1) is 14.6. The van der Waals surface area contributed by atoms with E-state index in [1.807, 2.05) is 30.3 Å². The second kappa shape index (κ2) is 6.09. The molecule has 0 aliphatic rings. The van der Waals surface area contributed by atoms with Crippen molar-refractivity contribution < 1.29 is 17.9 Å². The summed E-state index contributed by atoms with van der Waals surface area (Å²) in [5, 5.41) is 0. The predicted molar refractivity (Wildman–Crippen MR) is 71.3 cm³/mol. The number of halogens is 3. The van der Waals surface area contributed by atoms with Crippen LogP contribution in [-0.2, 0) is 17.3 Å². The van der Waals surface area contributed by atoms with Crippen LogP contribution in [0.15, 0.2) is 54.6 Å². The molecule has 0 heterocycles. The molecule has 4 heteroatoms. The molecule has 0 saturated carbocycles. The molecule has 2 aromatic carbocycles. The van der Waals surface area contributed by atoms with Crippen LogP contribution in [0.4, 0.5) is 13.2 Å². The molecule has 0 radical (unpaired) electrons. The standard InChI is InChI=1S/C16H15F3O/c1-20-15(13-7-3-2-4-8-13)11-12-6-5-9-14(10-12)16(17,18)19/h2-10,15H,11H2,1H3. The minimum absolute atomic E-state index is 0.250. The quantitative estimate of drug-likeness (QED) is 0.793. The summed E-state index contributed by atoms with van der Waals surface area (Å²) < 4.78 is 43.4. The Labute approximate surface area is 116 Å². The van der Waals surface area contributed by atoms with Gasteiger partial charge in [0.25, 0.3) is 0 Å². The highest BCUT2D eigenvalue weighted by atomic mass is 19.4. The number of alkyl halides is 3. The van der Waals surface area contributed by atoms with Crippen molar-refractivity contribution in [2.75, 3.05) is 7.11 Å². The third-order valence-electron chi connectivity index (χ3n) is 3.13. The summed E-state index contributed by atoms with van der Waals surface area (Å²) >= 11 is 0. The van der Waals surface area contributed by atoms with Gasteiger partial charge in [-0.05, 0) is 17.2 Å². The van der Waals surface area contributed by atoms with Crippen molar-refractivity contribution in [1.82, 2.24) is 0 Å². The molecule has 20 heavy (non-hydrogen) atoms. The minimum atomic E-state index is -4.31. The SMILES string of the molecule is COC(Cc1cccc(C(F)(F)F)c1)c1ccccc1. The lowest BCUT2D eigenvalue weighted by molar-refractivity contribution is -0.137. The second-order valence-corrected chi connectivity index (χ2v) is 4.54. The van der Waals surface area contributed by atoms with Gasteiger partial charge in [0.05, 0.1) is 11.7 Å². The van der Waals surface area contributed by atoms with Crippen molar-refractivity contribution in [2.45, 2.75) is 18.7 Å². The molecule has 0 spiro atoms. The highest BCUT2D eigenvalue weighted by molar-refractivity contribution is 5.28. The molecule has 0 bridgehead atoms. The average Bonchev–Trinajstić information content (AvgIpc) is 2.45. The van der Waals surface area contributed by atoms with Crippen LogP contribution >= 0.6 is 0 Å². The summed E-state index contributed by atoms with van der Waals surface area (Å²) in [6.45, 7) is 0. The molecular formula is C16H15F3O. The van der Waals surface area contributed by atoms with Gasteiger partial charge in [-0.25, -0.2) is 0 Å². The van der Waals surface area contributed by atoms with Gasteiger partial charge in [0, 0.05) is 13.5 Å². The summed E-state index contributed by atoms with van der Waals surface area (Å²) in [6, 6.07) is 14.8. The van der Waals surface area contributed by atoms with Gasteiger partial charge in [-0.2, -0.15) is 13.2 Å². The van der Waals surface area contributed by atoms with E-state index in [4.69, 9.17) is 4.74 Å². The van der Waals surface area contributed by atoms with Gasteiger partial charge in [-0.15, -0.1) is 0 Å². The van der Waals surface area contributed by atoms with E-state index in [0.717, 1.165) is 11.6 Å². The first-order valence-corrected chi connectivity index (χ1v) is 6.24. The van der Waals surface area contributed by atoms with Crippen molar-refractivity contribution in [1.29, 1.82) is 0 Å². The van der Waals surface area contributed by atoms with Crippen molar-refractivity contribution >= 4 is 0 Å². The van der Waals surface area contributed by atoms with Gasteiger partial charge in [0.15, 0.2) is 0 Å². The van der Waals surface area contributed by atoms with E-state index >= 15 is 0 Å². The van der Waals surface area contributed by atoms with Crippen LogP contribution in [0.3, 0.4) is 0 Å². The monoisotopic (exact) mass is 280 g/mol. The average molecular weight is 280 g/mol. The van der Waals surface area contributed by atoms with Crippen molar-refractivity contribution in [3.05, 3.63) is 71.3 Å². The molecular weight excluding hydrogens is 265 g/mol. The highest BCUT2D eigenvalue weighted by Gasteiger charge is 2.30. The van der Waals surface area contributed by atoms with Gasteiger partial charge in [0.1, 0.15) is 0 Å². The second-order valence-electron chi connectivity index (χ2n) is 4.54. The van der Waals surface area contributed by atoms with Crippen LogP contribution < -0.4 is 0 Å². The summed E-state index contributed by atoms with van der Waals surface area (Å²) in [6.07, 6.45) is -4.16. The van der Waals surface area contributed by atoms with E-state index in [1.165, 1.54) is 12.1 Å². The Morgan fingerprint density at radius 1 is 1.00 bits per heavy atom. The molecule has 0 amide bonds. The molecule has 0 N–H and O–H groups in total. The van der Waals surface area contributed by atoms with E-state index in [9.17, 15) is 13.2 Å². The van der Waals surface area contributed by atoms with Gasteiger partial charge in [0.2, 0.25) is 0 Å². The molecule has 0 fully saturated rings. The molecule has 0 aliphatic carbocycles. The van der Waals surface area contributed by atoms with E-state index < -0.39 is 11.7 Å². The molecule has 0 aromatic heterocycles.